The Hall–Kier alpha value is -10.4. The standard InChI is InChI=1S/2C7H9N3O4.C7H11N3O2.2C7H11NO4.2C6H11NO3.C5H7N3O3.C5H11NO2.C2H6.6ClH/c2*1-3-14-6(11)5-4-8-7(9(5)2)10(12)13;1-3-12-6(11)5-4-9-7(8)10(5)2;2*1-3-12-7(11)6(4-9)8(2)5-10;1-3-10-6(9)4-7(2)5-8;1-3-10-6(9)5(4-8)7-2;1-7-4(3-9)2-6-5(7)8(10)11;1-3-8-5(7)4-6-2;1-2;;;;;;/h2*4H,3H2,1-2H3;4H,3H2,1-2H3,(H2,8,9);2*4-6H,3H2,1-2H3;5H,3-4H2,1-2H3;4-5,7H,3H2,1-2H3;2,9H,3H2,1H3;6H,3-4H2,1-2H3;1-2H3;6*1H. The Labute approximate surface area is 676 Å². The van der Waals surface area contributed by atoms with Crippen LogP contribution < -0.4 is 16.4 Å². The van der Waals surface area contributed by atoms with Gasteiger partial charge in [0.15, 0.2) is 43.1 Å². The largest absolute Gasteiger partial charge is 0.465 e. The van der Waals surface area contributed by atoms with Crippen molar-refractivity contribution >= 4 is 184 Å². The SMILES string of the molecule is CC.CCOC(=O)C(C=O)N(C)C=O.CCOC(=O)C(C=O)N(C)C=O.CCOC(=O)C(C=O)NC.CCOC(=O)CN(C)C=O.CCOC(=O)CNC.CCOC(=O)c1cnc(N)n1C.CCOC(=O)c1cnc([N+](=O)[O-])n1C.CCOC(=O)c1cnc([N+](=O)[O-])n1C.Cl.Cl.Cl.Cl.Cl.Cl.Cn1c(CO)cnc1[N+](=O)[O-]. The third kappa shape index (κ3) is 54.0. The second-order valence-corrected chi connectivity index (χ2v) is 18.3. The predicted octanol–water partition coefficient (Wildman–Crippen LogP) is 1.72. The first-order valence-corrected chi connectivity index (χ1v) is 30.9. The minimum Gasteiger partial charge on any atom is -0.465 e. The average Bonchev–Trinajstić information content (AvgIpc) is 1.71. The number of nitro groups is 3. The Morgan fingerprint density at radius 1 is 0.477 bits per heavy atom. The second-order valence-electron chi connectivity index (χ2n) is 18.3. The van der Waals surface area contributed by atoms with Crippen molar-refractivity contribution in [3.63, 3.8) is 0 Å². The van der Waals surface area contributed by atoms with E-state index in [1.807, 2.05) is 13.8 Å². The summed E-state index contributed by atoms with van der Waals surface area (Å²) in [6.07, 6.45) is 7.54. The first-order valence-electron chi connectivity index (χ1n) is 30.9. The van der Waals surface area contributed by atoms with Crippen LogP contribution in [0.25, 0.3) is 0 Å². The lowest BCUT2D eigenvalue weighted by Gasteiger charge is -2.16. The van der Waals surface area contributed by atoms with Crippen LogP contribution in [0.2, 0.25) is 0 Å². The van der Waals surface area contributed by atoms with E-state index in [9.17, 15) is 97.5 Å². The van der Waals surface area contributed by atoms with E-state index < -0.39 is 68.7 Å². The number of rotatable bonds is 31. The van der Waals surface area contributed by atoms with Gasteiger partial charge in [0, 0.05) is 28.2 Å². The van der Waals surface area contributed by atoms with E-state index in [0.29, 0.717) is 88.4 Å². The number of nitrogens with one attached hydrogen (secondary N) is 2. The molecule has 0 saturated heterocycles. The van der Waals surface area contributed by atoms with Crippen molar-refractivity contribution in [2.45, 2.75) is 94.0 Å². The highest BCUT2D eigenvalue weighted by Gasteiger charge is 2.26. The molecule has 3 unspecified atom stereocenters. The summed E-state index contributed by atoms with van der Waals surface area (Å²) in [5, 5.41) is 44.8. The monoisotopic (exact) mass is 1720 g/mol. The number of aliphatic hydroxyl groups excluding tert-OH is 1. The highest BCUT2D eigenvalue weighted by molar-refractivity contribution is 5.95. The number of ether oxygens (including phenoxy) is 8. The molecule has 0 fully saturated rings. The van der Waals surface area contributed by atoms with Crippen molar-refractivity contribution in [1.82, 2.24) is 63.5 Å². The summed E-state index contributed by atoms with van der Waals surface area (Å²) in [6, 6.07) is -3.06. The maximum Gasteiger partial charge on any atom is 0.435 e. The van der Waals surface area contributed by atoms with Gasteiger partial charge in [-0.05, 0) is 84.3 Å². The highest BCUT2D eigenvalue weighted by atomic mass is 35.5. The number of nitrogens with two attached hydrogens (primary N) is 1. The lowest BCUT2D eigenvalue weighted by atomic mass is 10.3. The number of nitrogens with zero attached hydrogens (tertiary/aromatic N) is 14. The van der Waals surface area contributed by atoms with Gasteiger partial charge in [0.1, 0.15) is 37.0 Å². The first kappa shape index (κ1) is 127. The summed E-state index contributed by atoms with van der Waals surface area (Å²) in [6.45, 7) is 19.9. The zero-order valence-electron chi connectivity index (χ0n) is 64.4. The molecule has 46 nitrogen and oxygen atoms in total. The van der Waals surface area contributed by atoms with Crippen molar-refractivity contribution < 1.29 is 125 Å². The molecule has 4 heterocycles. The second kappa shape index (κ2) is 77.8. The molecule has 52 heteroatoms. The summed E-state index contributed by atoms with van der Waals surface area (Å²) >= 11 is 0. The fraction of sp³-hybridized carbons (Fsp3) is 0.559. The maximum absolute atomic E-state index is 11.2. The number of aliphatic hydroxyl groups is 1. The molecule has 4 aromatic heterocycles. The number of amides is 3. The Kier molecular flexibility index (Phi) is 89.1. The van der Waals surface area contributed by atoms with E-state index in [1.54, 1.807) is 69.5 Å². The van der Waals surface area contributed by atoms with Gasteiger partial charge in [0.25, 0.3) is 0 Å². The zero-order valence-corrected chi connectivity index (χ0v) is 69.3. The molecular weight excluding hydrogens is 1620 g/mol. The van der Waals surface area contributed by atoms with Gasteiger partial charge >= 0.3 is 65.6 Å². The van der Waals surface area contributed by atoms with E-state index in [1.165, 1.54) is 75.8 Å². The molecule has 640 valence electrons. The summed E-state index contributed by atoms with van der Waals surface area (Å²) in [5.74, 6) is -4.86. The van der Waals surface area contributed by atoms with Crippen molar-refractivity contribution in [2.75, 3.05) is 107 Å². The summed E-state index contributed by atoms with van der Waals surface area (Å²) in [7, 11) is 13.3. The van der Waals surface area contributed by atoms with E-state index >= 15 is 0 Å². The summed E-state index contributed by atoms with van der Waals surface area (Å²) < 4.78 is 41.8. The number of carbonyl (C=O) groups is 14. The van der Waals surface area contributed by atoms with Gasteiger partial charge in [-0.25, -0.2) is 47.5 Å². The van der Waals surface area contributed by atoms with Crippen LogP contribution in [0, 0.1) is 30.3 Å². The molecular formula is C59H103Cl6N17O29. The van der Waals surface area contributed by atoms with Gasteiger partial charge in [0.2, 0.25) is 36.6 Å². The van der Waals surface area contributed by atoms with Gasteiger partial charge in [-0.3, -0.25) is 24.0 Å². The van der Waals surface area contributed by atoms with Crippen molar-refractivity contribution in [1.29, 1.82) is 0 Å². The molecule has 0 aliphatic rings. The van der Waals surface area contributed by atoms with Crippen molar-refractivity contribution in [2.24, 2.45) is 28.2 Å². The number of hydrogen-bond acceptors (Lipinski definition) is 36. The molecule has 4 aromatic rings. The Morgan fingerprint density at radius 3 is 1.02 bits per heavy atom. The number of aldehydes is 3. The Balaban J connectivity index is -0.0000000987. The number of nitrogen functional groups attached to an aromatic ring is 1. The Bertz CT molecular complexity index is 3210. The third-order valence-electron chi connectivity index (χ3n) is 11.1. The summed E-state index contributed by atoms with van der Waals surface area (Å²) in [5.41, 5.74) is 6.35. The minimum atomic E-state index is -1.12. The highest BCUT2D eigenvalue weighted by Crippen LogP contribution is 2.13. The van der Waals surface area contributed by atoms with Crippen LogP contribution in [0.4, 0.5) is 23.8 Å². The van der Waals surface area contributed by atoms with Crippen LogP contribution in [0.15, 0.2) is 24.8 Å². The third-order valence-corrected chi connectivity index (χ3v) is 11.1. The van der Waals surface area contributed by atoms with Crippen LogP contribution in [-0.2, 0) is 125 Å². The van der Waals surface area contributed by atoms with Crippen LogP contribution >= 0.6 is 74.4 Å². The smallest absolute Gasteiger partial charge is 0.435 e. The maximum atomic E-state index is 11.2. The van der Waals surface area contributed by atoms with Gasteiger partial charge in [0.05, 0.1) is 86.7 Å². The molecule has 3 amide bonds. The first-order chi connectivity index (χ1) is 49.6. The van der Waals surface area contributed by atoms with Crippen LogP contribution in [0.1, 0.15) is 106 Å². The van der Waals surface area contributed by atoms with Crippen LogP contribution in [0.5, 0.6) is 0 Å². The van der Waals surface area contributed by atoms with Crippen LogP contribution in [0.3, 0.4) is 0 Å². The number of esters is 8. The number of halogens is 6. The Morgan fingerprint density at radius 2 is 0.784 bits per heavy atom. The van der Waals surface area contributed by atoms with Crippen molar-refractivity contribution in [3.8, 4) is 0 Å². The molecule has 0 aliphatic heterocycles. The number of imidazole rings is 4. The molecule has 0 aliphatic carbocycles. The number of aromatic nitrogens is 8. The van der Waals surface area contributed by atoms with E-state index in [4.69, 9.17) is 15.6 Å². The molecule has 3 atom stereocenters. The fourth-order valence-corrected chi connectivity index (χ4v) is 6.00. The quantitative estimate of drug-likeness (QED) is 0.0139. The topological polar surface area (TPSA) is 594 Å². The lowest BCUT2D eigenvalue weighted by molar-refractivity contribution is -0.396. The molecule has 111 heavy (non-hydrogen) atoms. The molecule has 0 bridgehead atoms. The van der Waals surface area contributed by atoms with Gasteiger partial charge in [-0.2, -0.15) is 0 Å². The predicted molar refractivity (Wildman–Crippen MR) is 408 cm³/mol. The fourth-order valence-electron chi connectivity index (χ4n) is 6.00. The summed E-state index contributed by atoms with van der Waals surface area (Å²) in [4.78, 5) is 194. The van der Waals surface area contributed by atoms with Crippen LogP contribution in [-0.4, -0.2) is 278 Å². The molecule has 5 N–H and O–H groups in total. The zero-order chi connectivity index (χ0) is 82.5. The van der Waals surface area contributed by atoms with Gasteiger partial charge in [-0.1, -0.05) is 28.8 Å². The van der Waals surface area contributed by atoms with Gasteiger partial charge < -0.3 is 123 Å². The minimum absolute atomic E-state index is 0. The average molecular weight is 1730 g/mol. The normalized spacial score (nSPS) is 9.59. The molecule has 0 spiro atoms. The van der Waals surface area contributed by atoms with Crippen molar-refractivity contribution in [3.05, 3.63) is 77.9 Å². The number of likely N-dealkylation sites (N-methyl/N-ethyl adjacent to an activating group) is 5. The molecule has 0 radical (unpaired) electrons. The number of anilines is 1. The molecule has 0 aromatic carbocycles. The van der Waals surface area contributed by atoms with E-state index in [0.717, 1.165) is 31.3 Å². The molecule has 0 saturated carbocycles. The van der Waals surface area contributed by atoms with E-state index in [2.05, 4.69) is 63.7 Å². The lowest BCUT2D eigenvalue weighted by Crippen LogP contribution is -2.40. The van der Waals surface area contributed by atoms with E-state index in [-0.39, 0.29) is 155 Å². The van der Waals surface area contributed by atoms with Gasteiger partial charge in [-0.15, -0.1) is 74.4 Å². The number of hydrogen-bond donors (Lipinski definition) is 4. The molecule has 4 rings (SSSR count). The number of carbonyl (C=O) groups excluding carboxylic acids is 14.